The van der Waals surface area contributed by atoms with Crippen LogP contribution in [0.25, 0.3) is 0 Å². The van der Waals surface area contributed by atoms with E-state index in [1.165, 1.54) is 0 Å². The summed E-state index contributed by atoms with van der Waals surface area (Å²) in [6.07, 6.45) is 2.98. The van der Waals surface area contributed by atoms with Gasteiger partial charge in [-0.15, -0.1) is 0 Å². The van der Waals surface area contributed by atoms with E-state index in [-0.39, 0.29) is 50.1 Å². The average molecular weight is 849 g/mol. The second kappa shape index (κ2) is 23.2. The topological polar surface area (TPSA) is 183 Å². The molecule has 6 rings (SSSR count). The number of ether oxygens (including phenoxy) is 4. The Morgan fingerprint density at radius 2 is 0.968 bits per heavy atom. The number of fused-ring (bicyclic) bond motifs is 2. The van der Waals surface area contributed by atoms with Crippen molar-refractivity contribution in [3.8, 4) is 23.0 Å². The van der Waals surface area contributed by atoms with Crippen LogP contribution in [0.2, 0.25) is 0 Å². The van der Waals surface area contributed by atoms with E-state index < -0.39 is 0 Å². The van der Waals surface area contributed by atoms with E-state index in [9.17, 15) is 19.2 Å². The Balaban J connectivity index is 1.53. The van der Waals surface area contributed by atoms with Crippen molar-refractivity contribution in [2.24, 2.45) is 5.73 Å². The van der Waals surface area contributed by atoms with E-state index in [1.54, 1.807) is 0 Å². The quantitative estimate of drug-likeness (QED) is 0.125. The van der Waals surface area contributed by atoms with Gasteiger partial charge in [0.2, 0.25) is 0 Å². The minimum atomic E-state index is -0.293. The molecule has 1 aliphatic heterocycles. The van der Waals surface area contributed by atoms with Crippen LogP contribution in [0.3, 0.4) is 0 Å². The standard InChI is InChI=1S/C48H60N6O8/c1-3-18-50-41(55)29-59-45-33-9-5-10-34(45)26-38-14-8-16-40-28-36-12-6-11-35(46(36)60-30-42(56)51-19-4-2)27-39-15-7-13-37(25-33)47(39)61-31-43(57)52-20-23-54(22-17-49)24-21-53-44(58)32-62-48(38)40/h5-16H,3-4,17-32,49H2,1-2H3,(H,50,55)(H,51,56)(H,52,57)(H,53,58). The number of benzene rings is 4. The Hall–Kier alpha value is -6.12. The summed E-state index contributed by atoms with van der Waals surface area (Å²) in [5.74, 6) is 1.16. The Kier molecular flexibility index (Phi) is 17.0. The molecule has 330 valence electrons. The molecule has 0 saturated carbocycles. The fourth-order valence-corrected chi connectivity index (χ4v) is 7.74. The first-order valence-electron chi connectivity index (χ1n) is 21.7. The summed E-state index contributed by atoms with van der Waals surface area (Å²) in [5.41, 5.74) is 12.4. The molecule has 0 radical (unpaired) electrons. The van der Waals surface area contributed by atoms with E-state index >= 15 is 0 Å². The minimum absolute atomic E-state index is 0.187. The first kappa shape index (κ1) is 45.4. The molecule has 4 aromatic rings. The molecule has 1 heterocycles. The molecule has 14 nitrogen and oxygen atoms in total. The number of nitrogens with one attached hydrogen (secondary N) is 4. The highest BCUT2D eigenvalue weighted by molar-refractivity contribution is 5.79. The monoisotopic (exact) mass is 848 g/mol. The number of carbonyl (C=O) groups is 4. The molecule has 10 bridgehead atoms. The molecule has 0 aromatic heterocycles. The first-order valence-corrected chi connectivity index (χ1v) is 21.7. The zero-order valence-electron chi connectivity index (χ0n) is 35.9. The maximum absolute atomic E-state index is 13.4. The predicted octanol–water partition coefficient (Wildman–Crippen LogP) is 3.44. The van der Waals surface area contributed by atoms with Gasteiger partial charge in [-0.05, 0) is 57.3 Å². The number of nitrogens with two attached hydrogens (primary N) is 1. The minimum Gasteiger partial charge on any atom is -0.483 e. The summed E-state index contributed by atoms with van der Waals surface area (Å²) in [4.78, 5) is 54.8. The highest BCUT2D eigenvalue weighted by Crippen LogP contribution is 2.39. The van der Waals surface area contributed by atoms with Gasteiger partial charge >= 0.3 is 0 Å². The van der Waals surface area contributed by atoms with Crippen LogP contribution in [0.5, 0.6) is 23.0 Å². The van der Waals surface area contributed by atoms with Gasteiger partial charge in [-0.3, -0.25) is 24.1 Å². The maximum atomic E-state index is 13.4. The van der Waals surface area contributed by atoms with Gasteiger partial charge in [-0.1, -0.05) is 86.6 Å². The lowest BCUT2D eigenvalue weighted by Gasteiger charge is -2.23. The molecular formula is C48H60N6O8. The van der Waals surface area contributed by atoms with Gasteiger partial charge in [0.05, 0.1) is 0 Å². The van der Waals surface area contributed by atoms with Crippen LogP contribution in [0, 0.1) is 0 Å². The molecule has 2 aliphatic rings. The van der Waals surface area contributed by atoms with E-state index in [0.717, 1.165) is 57.3 Å². The van der Waals surface area contributed by atoms with Crippen LogP contribution in [0.4, 0.5) is 0 Å². The molecule has 62 heavy (non-hydrogen) atoms. The SMILES string of the molecule is CCCNC(=O)COc1c2cccc1Cc1cccc3c1OCC(=O)NCCN(CCN)CCNC(=O)COc1c(cccc1Cc1cccc(c1OCC(=O)NCCC)C3)C2. The number of hydrogen-bond acceptors (Lipinski definition) is 10. The molecule has 4 amide bonds. The maximum Gasteiger partial charge on any atom is 0.257 e. The van der Waals surface area contributed by atoms with Crippen LogP contribution in [0.1, 0.15) is 71.2 Å². The van der Waals surface area contributed by atoms with E-state index in [1.807, 2.05) is 86.6 Å². The van der Waals surface area contributed by atoms with Crippen LogP contribution in [0.15, 0.2) is 72.8 Å². The summed E-state index contributed by atoms with van der Waals surface area (Å²) in [6, 6.07) is 23.6. The van der Waals surface area contributed by atoms with Gasteiger partial charge in [0.1, 0.15) is 23.0 Å². The molecule has 6 N–H and O–H groups in total. The van der Waals surface area contributed by atoms with E-state index in [0.29, 0.717) is 101 Å². The normalized spacial score (nSPS) is 14.9. The van der Waals surface area contributed by atoms with Gasteiger partial charge in [0.15, 0.2) is 26.4 Å². The summed E-state index contributed by atoms with van der Waals surface area (Å²) < 4.78 is 25.9. The summed E-state index contributed by atoms with van der Waals surface area (Å²) >= 11 is 0. The van der Waals surface area contributed by atoms with E-state index in [4.69, 9.17) is 24.7 Å². The summed E-state index contributed by atoms with van der Waals surface area (Å²) in [6.45, 7) is 6.98. The van der Waals surface area contributed by atoms with Crippen molar-refractivity contribution in [3.63, 3.8) is 0 Å². The van der Waals surface area contributed by atoms with Crippen molar-refractivity contribution < 1.29 is 38.1 Å². The molecule has 1 aliphatic carbocycles. The fourth-order valence-electron chi connectivity index (χ4n) is 7.74. The largest absolute Gasteiger partial charge is 0.483 e. The molecule has 14 heteroatoms. The number of nitrogens with zero attached hydrogens (tertiary/aromatic N) is 1. The zero-order valence-corrected chi connectivity index (χ0v) is 35.9. The zero-order chi connectivity index (χ0) is 43.7. The van der Waals surface area contributed by atoms with Crippen molar-refractivity contribution in [1.82, 2.24) is 26.2 Å². The smallest absolute Gasteiger partial charge is 0.257 e. The van der Waals surface area contributed by atoms with Gasteiger partial charge in [-0.25, -0.2) is 0 Å². The van der Waals surface area contributed by atoms with Crippen molar-refractivity contribution in [1.29, 1.82) is 0 Å². The predicted molar refractivity (Wildman–Crippen MR) is 237 cm³/mol. The Morgan fingerprint density at radius 1 is 0.613 bits per heavy atom. The Labute approximate surface area is 364 Å². The molecule has 0 spiro atoms. The number of carbonyl (C=O) groups excluding carboxylic acids is 4. The van der Waals surface area contributed by atoms with Gasteiger partial charge < -0.3 is 45.9 Å². The number of rotatable bonds is 12. The molecule has 0 fully saturated rings. The molecule has 4 aromatic carbocycles. The van der Waals surface area contributed by atoms with Crippen LogP contribution in [-0.4, -0.2) is 107 Å². The lowest BCUT2D eigenvalue weighted by atomic mass is 9.91. The van der Waals surface area contributed by atoms with Gasteiger partial charge in [0.25, 0.3) is 23.6 Å². The number of para-hydroxylation sites is 4. The highest BCUT2D eigenvalue weighted by atomic mass is 16.5. The van der Waals surface area contributed by atoms with Crippen molar-refractivity contribution >= 4 is 23.6 Å². The second-order valence-electron chi connectivity index (χ2n) is 15.5. The Morgan fingerprint density at radius 3 is 1.31 bits per heavy atom. The highest BCUT2D eigenvalue weighted by Gasteiger charge is 2.23. The van der Waals surface area contributed by atoms with Crippen molar-refractivity contribution in [2.75, 3.05) is 78.8 Å². The number of amides is 4. The van der Waals surface area contributed by atoms with Crippen LogP contribution >= 0.6 is 0 Å². The fraction of sp³-hybridized carbons (Fsp3) is 0.417. The van der Waals surface area contributed by atoms with Crippen molar-refractivity contribution in [3.05, 3.63) is 117 Å². The Bertz CT molecular complexity index is 1940. The molecule has 0 atom stereocenters. The average Bonchev–Trinajstić information content (AvgIpc) is 3.26. The summed E-state index contributed by atoms with van der Waals surface area (Å²) in [7, 11) is 0. The molecular weight excluding hydrogens is 789 g/mol. The third-order valence-corrected chi connectivity index (χ3v) is 10.7. The third-order valence-electron chi connectivity index (χ3n) is 10.7. The van der Waals surface area contributed by atoms with Gasteiger partial charge in [-0.2, -0.15) is 0 Å². The number of hydrogen-bond donors (Lipinski definition) is 5. The lowest BCUT2D eigenvalue weighted by molar-refractivity contribution is -0.123. The lowest BCUT2D eigenvalue weighted by Crippen LogP contribution is -2.43. The van der Waals surface area contributed by atoms with Crippen LogP contribution < -0.4 is 45.9 Å². The second-order valence-corrected chi connectivity index (χ2v) is 15.5. The van der Waals surface area contributed by atoms with Gasteiger partial charge in [0, 0.05) is 78.0 Å². The summed E-state index contributed by atoms with van der Waals surface area (Å²) in [5, 5.41) is 11.8. The van der Waals surface area contributed by atoms with Crippen molar-refractivity contribution in [2.45, 2.75) is 52.4 Å². The third kappa shape index (κ3) is 12.7. The molecule has 0 saturated heterocycles. The van der Waals surface area contributed by atoms with E-state index in [2.05, 4.69) is 26.2 Å². The first-order chi connectivity index (χ1) is 30.3. The van der Waals surface area contributed by atoms with Crippen LogP contribution in [-0.2, 0) is 44.9 Å². The molecule has 0 unspecified atom stereocenters.